The van der Waals surface area contributed by atoms with Crippen LogP contribution in [0.2, 0.25) is 0 Å². The van der Waals surface area contributed by atoms with Crippen molar-refractivity contribution in [3.05, 3.63) is 89.8 Å². The number of pyridine rings is 1. The zero-order valence-electron chi connectivity index (χ0n) is 17.0. The van der Waals surface area contributed by atoms with E-state index in [-0.39, 0.29) is 5.75 Å². The number of aryl methyl sites for hydroxylation is 1. The van der Waals surface area contributed by atoms with Crippen LogP contribution >= 0.6 is 0 Å². The highest BCUT2D eigenvalue weighted by molar-refractivity contribution is 5.50. The molecule has 2 heterocycles. The molecule has 2 aromatic rings. The fourth-order valence-corrected chi connectivity index (χ4v) is 4.56. The third-order valence-corrected chi connectivity index (χ3v) is 6.09. The molecule has 1 aliphatic heterocycles. The third kappa shape index (κ3) is 4.68. The Hall–Kier alpha value is -2.65. The summed E-state index contributed by atoms with van der Waals surface area (Å²) in [5.41, 5.74) is 4.58. The lowest BCUT2D eigenvalue weighted by Gasteiger charge is -2.26. The summed E-state index contributed by atoms with van der Waals surface area (Å²) in [5.74, 6) is 1.29. The van der Waals surface area contributed by atoms with Gasteiger partial charge in [0.1, 0.15) is 11.4 Å². The van der Waals surface area contributed by atoms with Crippen molar-refractivity contribution in [1.82, 2.24) is 9.88 Å². The van der Waals surface area contributed by atoms with E-state index in [9.17, 15) is 5.11 Å². The minimum absolute atomic E-state index is 0.204. The van der Waals surface area contributed by atoms with Gasteiger partial charge in [-0.25, -0.2) is 4.98 Å². The first-order valence-corrected chi connectivity index (χ1v) is 10.7. The molecule has 3 nitrogen and oxygen atoms in total. The molecule has 1 aliphatic carbocycles. The van der Waals surface area contributed by atoms with Crippen LogP contribution in [0.4, 0.5) is 0 Å². The van der Waals surface area contributed by atoms with E-state index in [0.29, 0.717) is 17.5 Å². The van der Waals surface area contributed by atoms with E-state index in [4.69, 9.17) is 0 Å². The summed E-state index contributed by atoms with van der Waals surface area (Å²) in [6, 6.07) is 12.6. The van der Waals surface area contributed by atoms with Crippen LogP contribution in [0, 0.1) is 5.92 Å². The molecule has 0 amide bonds. The molecule has 4 rings (SSSR count). The molecule has 0 radical (unpaired) electrons. The lowest BCUT2D eigenvalue weighted by molar-refractivity contribution is 0.238. The molecule has 1 aromatic heterocycles. The number of aromatic hydroxyl groups is 1. The second-order valence-corrected chi connectivity index (χ2v) is 8.12. The normalized spacial score (nSPS) is 20.7. The minimum Gasteiger partial charge on any atom is -0.506 e. The highest BCUT2D eigenvalue weighted by Gasteiger charge is 2.28. The number of nitrogens with zero attached hydrogens (tertiary/aromatic N) is 2. The molecule has 150 valence electrons. The van der Waals surface area contributed by atoms with Crippen molar-refractivity contribution >= 4 is 6.08 Å². The van der Waals surface area contributed by atoms with Gasteiger partial charge in [0, 0.05) is 30.6 Å². The topological polar surface area (TPSA) is 36.4 Å². The summed E-state index contributed by atoms with van der Waals surface area (Å²) < 4.78 is 0. The fourth-order valence-electron chi connectivity index (χ4n) is 4.56. The Morgan fingerprint density at radius 2 is 1.93 bits per heavy atom. The van der Waals surface area contributed by atoms with Gasteiger partial charge in [0.05, 0.1) is 0 Å². The Labute approximate surface area is 174 Å². The second-order valence-electron chi connectivity index (χ2n) is 8.12. The van der Waals surface area contributed by atoms with Crippen molar-refractivity contribution in [2.45, 2.75) is 38.1 Å². The van der Waals surface area contributed by atoms with E-state index in [1.807, 2.05) is 6.07 Å². The monoisotopic (exact) mass is 386 g/mol. The van der Waals surface area contributed by atoms with E-state index in [0.717, 1.165) is 38.2 Å². The Kier molecular flexibility index (Phi) is 6.26. The van der Waals surface area contributed by atoms with Crippen LogP contribution in [0.25, 0.3) is 6.08 Å². The smallest absolute Gasteiger partial charge is 0.141 e. The summed E-state index contributed by atoms with van der Waals surface area (Å²) in [4.78, 5) is 7.09. The number of unbranched alkanes of at least 4 members (excludes halogenated alkanes) is 2. The van der Waals surface area contributed by atoms with Crippen molar-refractivity contribution in [2.75, 3.05) is 13.1 Å². The third-order valence-electron chi connectivity index (χ3n) is 6.09. The lowest BCUT2D eigenvalue weighted by Crippen LogP contribution is -2.29. The largest absolute Gasteiger partial charge is 0.506 e. The summed E-state index contributed by atoms with van der Waals surface area (Å²) in [6.07, 6.45) is 15.2. The molecule has 2 aliphatic rings. The van der Waals surface area contributed by atoms with Crippen molar-refractivity contribution in [1.29, 1.82) is 0 Å². The molecule has 29 heavy (non-hydrogen) atoms. The van der Waals surface area contributed by atoms with Gasteiger partial charge in [-0.05, 0) is 55.1 Å². The molecule has 2 atom stereocenters. The minimum atomic E-state index is 0.204. The highest BCUT2D eigenvalue weighted by Crippen LogP contribution is 2.36. The van der Waals surface area contributed by atoms with Gasteiger partial charge in [0.2, 0.25) is 0 Å². The average Bonchev–Trinajstić information content (AvgIpc) is 2.91. The van der Waals surface area contributed by atoms with Gasteiger partial charge in [-0.1, -0.05) is 61.6 Å². The first-order valence-electron chi connectivity index (χ1n) is 10.7. The molecule has 2 unspecified atom stereocenters. The van der Waals surface area contributed by atoms with Gasteiger partial charge in [-0.2, -0.15) is 0 Å². The molecular formula is C26H30N2O. The summed E-state index contributed by atoms with van der Waals surface area (Å²) in [7, 11) is 0. The molecule has 0 bridgehead atoms. The molecular weight excluding hydrogens is 356 g/mol. The van der Waals surface area contributed by atoms with Gasteiger partial charge in [-0.3, -0.25) is 4.90 Å². The molecule has 0 spiro atoms. The Bertz CT molecular complexity index is 915. The van der Waals surface area contributed by atoms with E-state index in [1.165, 1.54) is 24.0 Å². The maximum Gasteiger partial charge on any atom is 0.141 e. The van der Waals surface area contributed by atoms with Crippen LogP contribution < -0.4 is 0 Å². The zero-order chi connectivity index (χ0) is 20.1. The van der Waals surface area contributed by atoms with Crippen LogP contribution in [0.5, 0.6) is 5.75 Å². The summed E-state index contributed by atoms with van der Waals surface area (Å²) in [5, 5.41) is 9.72. The first-order chi connectivity index (χ1) is 14.2. The molecule has 0 fully saturated rings. The lowest BCUT2D eigenvalue weighted by atomic mass is 9.82. The SMILES string of the molecule is C=Cc1nc(CCCCCN2Cc3ccccc3C3C=CC=CC3C2)ccc1O. The predicted molar refractivity (Wildman–Crippen MR) is 120 cm³/mol. The summed E-state index contributed by atoms with van der Waals surface area (Å²) in [6.45, 7) is 7.02. The van der Waals surface area contributed by atoms with Gasteiger partial charge < -0.3 is 5.11 Å². The van der Waals surface area contributed by atoms with E-state index < -0.39 is 0 Å². The van der Waals surface area contributed by atoms with E-state index in [2.05, 4.69) is 65.0 Å². The van der Waals surface area contributed by atoms with E-state index >= 15 is 0 Å². The van der Waals surface area contributed by atoms with Gasteiger partial charge >= 0.3 is 0 Å². The fraction of sp³-hybridized carbons (Fsp3) is 0.346. The standard InChI is InChI=1S/C26H30N2O/c1-2-25-26(29)16-15-22(27-25)12-4-3-9-17-28-18-20-10-5-7-13-23(20)24-14-8-6-11-21(24)19-28/h2,5-8,10-11,13-16,20,23,29H,1,3-4,9,12,17-19H2. The number of benzene rings is 1. The van der Waals surface area contributed by atoms with E-state index in [1.54, 1.807) is 12.1 Å². The molecule has 0 saturated carbocycles. The Morgan fingerprint density at radius 1 is 1.07 bits per heavy atom. The van der Waals surface area contributed by atoms with Crippen molar-refractivity contribution in [2.24, 2.45) is 5.92 Å². The Morgan fingerprint density at radius 3 is 2.83 bits per heavy atom. The first kappa shape index (κ1) is 19.7. The number of allylic oxidation sites excluding steroid dienone is 3. The van der Waals surface area contributed by atoms with Gasteiger partial charge in [0.25, 0.3) is 0 Å². The quantitative estimate of drug-likeness (QED) is 0.640. The van der Waals surface area contributed by atoms with Crippen molar-refractivity contribution < 1.29 is 5.11 Å². The molecule has 1 aromatic carbocycles. The maximum absolute atomic E-state index is 9.72. The van der Waals surface area contributed by atoms with Gasteiger partial charge in [-0.15, -0.1) is 0 Å². The number of aromatic nitrogens is 1. The second kappa shape index (κ2) is 9.23. The molecule has 1 N–H and O–H groups in total. The van der Waals surface area contributed by atoms with Crippen molar-refractivity contribution in [3.63, 3.8) is 0 Å². The molecule has 0 saturated heterocycles. The number of rotatable bonds is 7. The Balaban J connectivity index is 1.30. The molecule has 3 heteroatoms. The maximum atomic E-state index is 9.72. The van der Waals surface area contributed by atoms with Crippen LogP contribution in [-0.4, -0.2) is 28.1 Å². The van der Waals surface area contributed by atoms with Crippen molar-refractivity contribution in [3.8, 4) is 5.75 Å². The van der Waals surface area contributed by atoms with Gasteiger partial charge in [0.15, 0.2) is 0 Å². The summed E-state index contributed by atoms with van der Waals surface area (Å²) >= 11 is 0. The van der Waals surface area contributed by atoms with Crippen LogP contribution in [-0.2, 0) is 13.0 Å². The number of hydrogen-bond donors (Lipinski definition) is 1. The zero-order valence-corrected chi connectivity index (χ0v) is 17.0. The predicted octanol–water partition coefficient (Wildman–Crippen LogP) is 5.48. The number of fused-ring (bicyclic) bond motifs is 3. The average molecular weight is 387 g/mol. The van der Waals surface area contributed by atoms with Crippen LogP contribution in [0.3, 0.4) is 0 Å². The van der Waals surface area contributed by atoms with Crippen LogP contribution in [0.1, 0.15) is 47.7 Å². The van der Waals surface area contributed by atoms with Crippen LogP contribution in [0.15, 0.2) is 67.3 Å². The highest BCUT2D eigenvalue weighted by atomic mass is 16.3. The number of hydrogen-bond acceptors (Lipinski definition) is 3.